The first-order valence-electron chi connectivity index (χ1n) is 4.17. The van der Waals surface area contributed by atoms with Crippen LogP contribution in [0.4, 0.5) is 0 Å². The van der Waals surface area contributed by atoms with E-state index in [4.69, 9.17) is 5.26 Å². The Bertz CT molecular complexity index is 309. The zero-order valence-electron chi connectivity index (χ0n) is 7.42. The number of nitrogens with zero attached hydrogens (tertiary/aromatic N) is 1. The lowest BCUT2D eigenvalue weighted by Gasteiger charge is -1.98. The molecule has 0 unspecified atom stereocenters. The number of hydrogen-bond donors (Lipinski definition) is 1. The fraction of sp³-hybridized carbons (Fsp3) is 0.300. The summed E-state index contributed by atoms with van der Waals surface area (Å²) in [6.07, 6.45) is 2.87. The molecule has 68 valence electrons. The molecule has 1 rings (SSSR count). The Balaban J connectivity index is 2.29. The summed E-state index contributed by atoms with van der Waals surface area (Å²) in [5.41, 5.74) is 0. The molecule has 1 N–H and O–H groups in total. The molecule has 1 aromatic rings. The highest BCUT2D eigenvalue weighted by molar-refractivity contribution is 7.12. The standard InChI is InChI=1S/C10H12N2S/c1-2-3-6-12-8-10-5-4-9(7-11)13-10/h2,4-5,12H,1,3,6,8H2. The molecule has 0 radical (unpaired) electrons. The fourth-order valence-corrected chi connectivity index (χ4v) is 1.72. The lowest BCUT2D eigenvalue weighted by atomic mass is 10.4. The van der Waals surface area contributed by atoms with Gasteiger partial charge >= 0.3 is 0 Å². The summed E-state index contributed by atoms with van der Waals surface area (Å²) in [4.78, 5) is 1.99. The van der Waals surface area contributed by atoms with Gasteiger partial charge in [-0.2, -0.15) is 5.26 Å². The van der Waals surface area contributed by atoms with Gasteiger partial charge < -0.3 is 5.32 Å². The van der Waals surface area contributed by atoms with Crippen LogP contribution in [0.5, 0.6) is 0 Å². The maximum atomic E-state index is 8.59. The Kier molecular flexibility index (Phi) is 4.24. The van der Waals surface area contributed by atoms with Gasteiger partial charge in [0.2, 0.25) is 0 Å². The van der Waals surface area contributed by atoms with Crippen molar-refractivity contribution in [2.45, 2.75) is 13.0 Å². The predicted octanol–water partition coefficient (Wildman–Crippen LogP) is 2.29. The third kappa shape index (κ3) is 3.41. The normalized spacial score (nSPS) is 9.46. The van der Waals surface area contributed by atoms with E-state index in [9.17, 15) is 0 Å². The number of thiophene rings is 1. The van der Waals surface area contributed by atoms with Gasteiger partial charge in [0.1, 0.15) is 10.9 Å². The highest BCUT2D eigenvalue weighted by Gasteiger charge is 1.97. The quantitative estimate of drug-likeness (QED) is 0.574. The summed E-state index contributed by atoms with van der Waals surface area (Å²) < 4.78 is 0. The molecule has 1 aromatic heterocycles. The van der Waals surface area contributed by atoms with Crippen LogP contribution in [0.25, 0.3) is 0 Å². The van der Waals surface area contributed by atoms with Gasteiger partial charge in [0, 0.05) is 11.4 Å². The maximum Gasteiger partial charge on any atom is 0.110 e. The van der Waals surface area contributed by atoms with Crippen LogP contribution in [0.15, 0.2) is 24.8 Å². The number of hydrogen-bond acceptors (Lipinski definition) is 3. The van der Waals surface area contributed by atoms with Crippen molar-refractivity contribution in [3.8, 4) is 6.07 Å². The van der Waals surface area contributed by atoms with Crippen molar-refractivity contribution in [3.05, 3.63) is 34.5 Å². The topological polar surface area (TPSA) is 35.8 Å². The van der Waals surface area contributed by atoms with Crippen molar-refractivity contribution in [2.24, 2.45) is 0 Å². The zero-order chi connectivity index (χ0) is 9.52. The van der Waals surface area contributed by atoms with Crippen LogP contribution >= 0.6 is 11.3 Å². The molecular weight excluding hydrogens is 180 g/mol. The molecule has 0 aliphatic carbocycles. The average molecular weight is 192 g/mol. The van der Waals surface area contributed by atoms with E-state index in [0.717, 1.165) is 24.4 Å². The third-order valence-electron chi connectivity index (χ3n) is 1.60. The van der Waals surface area contributed by atoms with Crippen molar-refractivity contribution in [1.29, 1.82) is 5.26 Å². The van der Waals surface area contributed by atoms with Crippen LogP contribution in [0.1, 0.15) is 16.2 Å². The summed E-state index contributed by atoms with van der Waals surface area (Å²) in [6, 6.07) is 5.97. The molecule has 0 atom stereocenters. The van der Waals surface area contributed by atoms with E-state index in [-0.39, 0.29) is 0 Å². The first-order chi connectivity index (χ1) is 6.36. The molecule has 0 saturated heterocycles. The second-order valence-corrected chi connectivity index (χ2v) is 3.80. The van der Waals surface area contributed by atoms with Crippen LogP contribution in [0, 0.1) is 11.3 Å². The van der Waals surface area contributed by atoms with Crippen molar-refractivity contribution in [1.82, 2.24) is 5.32 Å². The SMILES string of the molecule is C=CCCNCc1ccc(C#N)s1. The lowest BCUT2D eigenvalue weighted by Crippen LogP contribution is -2.12. The van der Waals surface area contributed by atoms with Crippen molar-refractivity contribution in [3.63, 3.8) is 0 Å². The van der Waals surface area contributed by atoms with E-state index in [2.05, 4.69) is 18.0 Å². The van der Waals surface area contributed by atoms with Gasteiger partial charge in [-0.05, 0) is 25.1 Å². The van der Waals surface area contributed by atoms with Crippen molar-refractivity contribution >= 4 is 11.3 Å². The van der Waals surface area contributed by atoms with Crippen LogP contribution in [0.2, 0.25) is 0 Å². The largest absolute Gasteiger partial charge is 0.312 e. The summed E-state index contributed by atoms with van der Waals surface area (Å²) in [5.74, 6) is 0. The first-order valence-corrected chi connectivity index (χ1v) is 4.99. The van der Waals surface area contributed by atoms with Crippen LogP contribution in [0.3, 0.4) is 0 Å². The summed E-state index contributed by atoms with van der Waals surface area (Å²) in [5, 5.41) is 11.9. The Labute approximate surface area is 82.5 Å². The highest BCUT2D eigenvalue weighted by atomic mass is 32.1. The van der Waals surface area contributed by atoms with Crippen molar-refractivity contribution in [2.75, 3.05) is 6.54 Å². The minimum absolute atomic E-state index is 0.778. The van der Waals surface area contributed by atoms with Gasteiger partial charge in [0.05, 0.1) is 0 Å². The average Bonchev–Trinajstić information content (AvgIpc) is 2.60. The van der Waals surface area contributed by atoms with E-state index in [1.807, 2.05) is 18.2 Å². The fourth-order valence-electron chi connectivity index (χ4n) is 0.949. The van der Waals surface area contributed by atoms with Crippen molar-refractivity contribution < 1.29 is 0 Å². The van der Waals surface area contributed by atoms with E-state index in [0.29, 0.717) is 0 Å². The second-order valence-electron chi connectivity index (χ2n) is 2.63. The van der Waals surface area contributed by atoms with Gasteiger partial charge in [-0.3, -0.25) is 0 Å². The van der Waals surface area contributed by atoms with Crippen LogP contribution in [-0.4, -0.2) is 6.54 Å². The Morgan fingerprint density at radius 2 is 2.46 bits per heavy atom. The minimum atomic E-state index is 0.778. The molecule has 13 heavy (non-hydrogen) atoms. The zero-order valence-corrected chi connectivity index (χ0v) is 8.23. The van der Waals surface area contributed by atoms with Gasteiger partial charge in [-0.15, -0.1) is 17.9 Å². The lowest BCUT2D eigenvalue weighted by molar-refractivity contribution is 0.703. The molecular formula is C10H12N2S. The molecule has 3 heteroatoms. The molecule has 0 bridgehead atoms. The molecule has 0 aromatic carbocycles. The Morgan fingerprint density at radius 3 is 3.08 bits per heavy atom. The van der Waals surface area contributed by atoms with Gasteiger partial charge in [-0.1, -0.05) is 6.08 Å². The van der Waals surface area contributed by atoms with E-state index >= 15 is 0 Å². The molecule has 0 aliphatic heterocycles. The van der Waals surface area contributed by atoms with E-state index < -0.39 is 0 Å². The predicted molar refractivity (Wildman–Crippen MR) is 55.6 cm³/mol. The number of nitrogens with one attached hydrogen (secondary N) is 1. The molecule has 1 heterocycles. The van der Waals surface area contributed by atoms with Crippen LogP contribution in [-0.2, 0) is 6.54 Å². The molecule has 0 spiro atoms. The summed E-state index contributed by atoms with van der Waals surface area (Å²) in [7, 11) is 0. The molecule has 2 nitrogen and oxygen atoms in total. The van der Waals surface area contributed by atoms with Gasteiger partial charge in [-0.25, -0.2) is 0 Å². The Hall–Kier alpha value is -1.11. The maximum absolute atomic E-state index is 8.59. The minimum Gasteiger partial charge on any atom is -0.312 e. The van der Waals surface area contributed by atoms with Crippen LogP contribution < -0.4 is 5.32 Å². The summed E-state index contributed by atoms with van der Waals surface area (Å²) in [6.45, 7) is 5.44. The number of rotatable bonds is 5. The smallest absolute Gasteiger partial charge is 0.110 e. The molecule has 0 aliphatic rings. The van der Waals surface area contributed by atoms with Gasteiger partial charge in [0.25, 0.3) is 0 Å². The van der Waals surface area contributed by atoms with E-state index in [1.54, 1.807) is 11.3 Å². The monoisotopic (exact) mass is 192 g/mol. The molecule has 0 amide bonds. The molecule has 0 fully saturated rings. The third-order valence-corrected chi connectivity index (χ3v) is 2.59. The van der Waals surface area contributed by atoms with Gasteiger partial charge in [0.15, 0.2) is 0 Å². The van der Waals surface area contributed by atoms with E-state index in [1.165, 1.54) is 4.88 Å². The Morgan fingerprint density at radius 1 is 1.62 bits per heavy atom. The molecule has 0 saturated carbocycles. The second kappa shape index (κ2) is 5.52. The first kappa shape index (κ1) is 9.97. The number of nitriles is 1. The summed E-state index contributed by atoms with van der Waals surface area (Å²) >= 11 is 1.54. The highest BCUT2D eigenvalue weighted by Crippen LogP contribution is 2.14.